The van der Waals surface area contributed by atoms with Crippen LogP contribution < -0.4 is 5.32 Å². The molecule has 4 nitrogen and oxygen atoms in total. The Balaban J connectivity index is 1.73. The van der Waals surface area contributed by atoms with Crippen molar-refractivity contribution in [3.05, 3.63) is 35.9 Å². The molecule has 0 saturated carbocycles. The normalized spacial score (nSPS) is 17.8. The zero-order valence-corrected chi connectivity index (χ0v) is 13.0. The van der Waals surface area contributed by atoms with Crippen molar-refractivity contribution in [2.24, 2.45) is 0 Å². The number of carbonyl (C=O) groups is 1. The van der Waals surface area contributed by atoms with E-state index < -0.39 is 0 Å². The number of nitrogens with one attached hydrogen (secondary N) is 1. The summed E-state index contributed by atoms with van der Waals surface area (Å²) < 4.78 is 5.78. The van der Waals surface area contributed by atoms with E-state index in [1.807, 2.05) is 23.1 Å². The van der Waals surface area contributed by atoms with Crippen molar-refractivity contribution >= 4 is 6.03 Å². The van der Waals surface area contributed by atoms with Gasteiger partial charge in [0, 0.05) is 32.5 Å². The minimum Gasteiger partial charge on any atom is -0.374 e. The smallest absolute Gasteiger partial charge is 0.317 e. The third-order valence-electron chi connectivity index (χ3n) is 3.76. The number of hydrogen-bond donors (Lipinski definition) is 1. The first-order chi connectivity index (χ1) is 10.8. The number of urea groups is 1. The number of morpholine rings is 1. The van der Waals surface area contributed by atoms with Crippen LogP contribution in [0.15, 0.2) is 30.3 Å². The molecule has 0 bridgehead atoms. The summed E-state index contributed by atoms with van der Waals surface area (Å²) in [6.07, 6.45) is 8.77. The molecule has 1 atom stereocenters. The van der Waals surface area contributed by atoms with Crippen LogP contribution >= 0.6 is 0 Å². The molecule has 0 aromatic heterocycles. The average molecular weight is 300 g/mol. The zero-order valence-electron chi connectivity index (χ0n) is 13.0. The average Bonchev–Trinajstić information content (AvgIpc) is 2.56. The molecule has 1 aliphatic heterocycles. The minimum absolute atomic E-state index is 0.00192. The quantitative estimate of drug-likeness (QED) is 0.647. The van der Waals surface area contributed by atoms with Gasteiger partial charge in [-0.25, -0.2) is 4.79 Å². The molecule has 0 spiro atoms. The lowest BCUT2D eigenvalue weighted by atomic mass is 10.1. The molecule has 1 aromatic carbocycles. The van der Waals surface area contributed by atoms with Gasteiger partial charge in [0.25, 0.3) is 0 Å². The van der Waals surface area contributed by atoms with Gasteiger partial charge in [-0.1, -0.05) is 30.3 Å². The Labute approximate surface area is 132 Å². The number of hydrogen-bond acceptors (Lipinski definition) is 2. The Morgan fingerprint density at radius 3 is 2.95 bits per heavy atom. The molecule has 1 fully saturated rings. The first-order valence-corrected chi connectivity index (χ1v) is 7.91. The first-order valence-electron chi connectivity index (χ1n) is 7.91. The number of rotatable bonds is 6. The largest absolute Gasteiger partial charge is 0.374 e. The van der Waals surface area contributed by atoms with Crippen LogP contribution in [0.4, 0.5) is 4.79 Å². The summed E-state index contributed by atoms with van der Waals surface area (Å²) in [7, 11) is 0. The molecular weight excluding hydrogens is 276 g/mol. The zero-order chi connectivity index (χ0) is 15.6. The van der Waals surface area contributed by atoms with E-state index in [2.05, 4.69) is 23.4 Å². The Kier molecular flexibility index (Phi) is 6.79. The molecule has 0 radical (unpaired) electrons. The van der Waals surface area contributed by atoms with E-state index in [1.165, 1.54) is 5.56 Å². The number of ether oxygens (including phenoxy) is 1. The number of nitrogens with zero attached hydrogens (tertiary/aromatic N) is 1. The van der Waals surface area contributed by atoms with Crippen LogP contribution in [0.3, 0.4) is 0 Å². The monoisotopic (exact) mass is 300 g/mol. The second-order valence-corrected chi connectivity index (χ2v) is 5.52. The van der Waals surface area contributed by atoms with Crippen molar-refractivity contribution in [2.45, 2.75) is 31.8 Å². The minimum atomic E-state index is 0.00192. The van der Waals surface area contributed by atoms with Crippen molar-refractivity contribution < 1.29 is 9.53 Å². The predicted octanol–water partition coefficient (Wildman–Crippen LogP) is 2.44. The van der Waals surface area contributed by atoms with Gasteiger partial charge in [0.2, 0.25) is 0 Å². The van der Waals surface area contributed by atoms with Gasteiger partial charge in [-0.3, -0.25) is 0 Å². The van der Waals surface area contributed by atoms with Crippen LogP contribution in [0.2, 0.25) is 0 Å². The Hall–Kier alpha value is -1.99. The fourth-order valence-electron chi connectivity index (χ4n) is 2.56. The highest BCUT2D eigenvalue weighted by atomic mass is 16.5. The van der Waals surface area contributed by atoms with Gasteiger partial charge in [-0.15, -0.1) is 12.3 Å². The van der Waals surface area contributed by atoms with Crippen molar-refractivity contribution in [1.29, 1.82) is 0 Å². The standard InChI is InChI=1S/C18H24N2O2/c1-2-3-4-8-11-19-18(21)20-12-13-22-17(15-20)14-16-9-6-5-7-10-16/h1,5-7,9-10,17H,3-4,8,11-15H2,(H,19,21)/t17-/m0/s1. The van der Waals surface area contributed by atoms with Gasteiger partial charge in [0.05, 0.1) is 12.7 Å². The highest BCUT2D eigenvalue weighted by molar-refractivity contribution is 5.74. The van der Waals surface area contributed by atoms with Gasteiger partial charge in [-0.05, 0) is 18.4 Å². The van der Waals surface area contributed by atoms with Crippen LogP contribution in [0.5, 0.6) is 0 Å². The summed E-state index contributed by atoms with van der Waals surface area (Å²) in [6, 6.07) is 10.2. The molecule has 2 amide bonds. The van der Waals surface area contributed by atoms with Crippen molar-refractivity contribution in [3.63, 3.8) is 0 Å². The van der Waals surface area contributed by atoms with E-state index in [-0.39, 0.29) is 12.1 Å². The lowest BCUT2D eigenvalue weighted by Gasteiger charge is -2.33. The van der Waals surface area contributed by atoms with Crippen molar-refractivity contribution in [3.8, 4) is 12.3 Å². The summed E-state index contributed by atoms with van der Waals surface area (Å²) in [5.74, 6) is 2.61. The van der Waals surface area contributed by atoms with Crippen LogP contribution in [0.25, 0.3) is 0 Å². The van der Waals surface area contributed by atoms with Crippen molar-refractivity contribution in [1.82, 2.24) is 10.2 Å². The van der Waals surface area contributed by atoms with Crippen LogP contribution in [0, 0.1) is 12.3 Å². The highest BCUT2D eigenvalue weighted by Gasteiger charge is 2.24. The van der Waals surface area contributed by atoms with Gasteiger partial charge in [-0.2, -0.15) is 0 Å². The Morgan fingerprint density at radius 2 is 2.18 bits per heavy atom. The molecule has 118 valence electrons. The molecule has 1 heterocycles. The summed E-state index contributed by atoms with van der Waals surface area (Å²) in [5.41, 5.74) is 1.24. The van der Waals surface area contributed by atoms with Gasteiger partial charge >= 0.3 is 6.03 Å². The fraction of sp³-hybridized carbons (Fsp3) is 0.500. The van der Waals surface area contributed by atoms with E-state index in [0.29, 0.717) is 26.2 Å². The molecule has 22 heavy (non-hydrogen) atoms. The maximum atomic E-state index is 12.1. The van der Waals surface area contributed by atoms with Crippen LogP contribution in [-0.2, 0) is 11.2 Å². The molecular formula is C18H24N2O2. The van der Waals surface area contributed by atoms with Crippen LogP contribution in [0.1, 0.15) is 24.8 Å². The summed E-state index contributed by atoms with van der Waals surface area (Å²) in [6.45, 7) is 2.58. The molecule has 1 aromatic rings. The lowest BCUT2D eigenvalue weighted by molar-refractivity contribution is -0.0132. The predicted molar refractivity (Wildman–Crippen MR) is 87.5 cm³/mol. The molecule has 4 heteroatoms. The lowest BCUT2D eigenvalue weighted by Crippen LogP contribution is -2.50. The molecule has 1 saturated heterocycles. The van der Waals surface area contributed by atoms with E-state index in [9.17, 15) is 4.79 Å². The SMILES string of the molecule is C#CCCCCNC(=O)N1CCO[C@@H](Cc2ccccc2)C1. The second-order valence-electron chi connectivity index (χ2n) is 5.52. The van der Waals surface area contributed by atoms with Gasteiger partial charge in [0.1, 0.15) is 0 Å². The number of terminal acetylenes is 1. The van der Waals surface area contributed by atoms with E-state index in [0.717, 1.165) is 25.7 Å². The third-order valence-corrected chi connectivity index (χ3v) is 3.76. The van der Waals surface area contributed by atoms with Crippen molar-refractivity contribution in [2.75, 3.05) is 26.2 Å². The molecule has 1 N–H and O–H groups in total. The number of unbranched alkanes of at least 4 members (excludes halogenated alkanes) is 2. The first kappa shape index (κ1) is 16.4. The van der Waals surface area contributed by atoms with Crippen LogP contribution in [-0.4, -0.2) is 43.3 Å². The number of benzene rings is 1. The summed E-state index contributed by atoms with van der Waals surface area (Å²) in [5, 5.41) is 2.96. The second kappa shape index (κ2) is 9.11. The van der Waals surface area contributed by atoms with Gasteiger partial charge in [0.15, 0.2) is 0 Å². The maximum absolute atomic E-state index is 12.1. The van der Waals surface area contributed by atoms with E-state index in [4.69, 9.17) is 11.2 Å². The molecule has 0 unspecified atom stereocenters. The topological polar surface area (TPSA) is 41.6 Å². The molecule has 0 aliphatic carbocycles. The van der Waals surface area contributed by atoms with E-state index in [1.54, 1.807) is 0 Å². The summed E-state index contributed by atoms with van der Waals surface area (Å²) in [4.78, 5) is 14.0. The molecule has 1 aliphatic rings. The van der Waals surface area contributed by atoms with Gasteiger partial charge < -0.3 is 15.0 Å². The number of carbonyl (C=O) groups excluding carboxylic acids is 1. The fourth-order valence-corrected chi connectivity index (χ4v) is 2.56. The molecule has 2 rings (SSSR count). The summed E-state index contributed by atoms with van der Waals surface area (Å²) >= 11 is 0. The highest BCUT2D eigenvalue weighted by Crippen LogP contribution is 2.11. The Morgan fingerprint density at radius 1 is 1.36 bits per heavy atom. The number of amides is 2. The van der Waals surface area contributed by atoms with E-state index >= 15 is 0 Å². The third kappa shape index (κ3) is 5.42. The Bertz CT molecular complexity index is 496. The maximum Gasteiger partial charge on any atom is 0.317 e.